The van der Waals surface area contributed by atoms with Crippen LogP contribution in [0.1, 0.15) is 28.4 Å². The van der Waals surface area contributed by atoms with Gasteiger partial charge in [0.05, 0.1) is 6.42 Å². The average molecular weight is 279 g/mol. The van der Waals surface area contributed by atoms with Crippen molar-refractivity contribution in [1.82, 2.24) is 25.5 Å². The first-order chi connectivity index (χ1) is 9.06. The van der Waals surface area contributed by atoms with Crippen molar-refractivity contribution in [2.45, 2.75) is 26.2 Å². The molecule has 0 saturated heterocycles. The van der Waals surface area contributed by atoms with E-state index in [2.05, 4.69) is 20.6 Å². The van der Waals surface area contributed by atoms with Crippen LogP contribution in [0.25, 0.3) is 0 Å². The van der Waals surface area contributed by atoms with E-state index >= 15 is 0 Å². The number of tetrazole rings is 1. The van der Waals surface area contributed by atoms with Crippen molar-refractivity contribution in [3.63, 3.8) is 0 Å². The van der Waals surface area contributed by atoms with Gasteiger partial charge in [-0.15, -0.1) is 21.5 Å². The lowest BCUT2D eigenvalue weighted by molar-refractivity contribution is -0.129. The number of hydrogen-bond donors (Lipinski definition) is 1. The number of hydrogen-bond acceptors (Lipinski definition) is 5. The molecular weight excluding hydrogens is 262 g/mol. The predicted octanol–water partition coefficient (Wildman–Crippen LogP) is 1.37. The Morgan fingerprint density at radius 1 is 1.53 bits per heavy atom. The summed E-state index contributed by atoms with van der Waals surface area (Å²) in [6, 6.07) is 4.05. The molecule has 0 fully saturated rings. The third-order valence-corrected chi connectivity index (χ3v) is 3.90. The van der Waals surface area contributed by atoms with Gasteiger partial charge >= 0.3 is 0 Å². The van der Waals surface area contributed by atoms with Crippen LogP contribution >= 0.6 is 11.3 Å². The van der Waals surface area contributed by atoms with Gasteiger partial charge in [-0.1, -0.05) is 12.1 Å². The molecule has 2 aromatic heterocycles. The molecule has 0 aliphatic rings. The fraction of sp³-hybridized carbons (Fsp3) is 0.500. The number of carbonyl (C=O) groups excluding carboxylic acids is 1. The molecule has 0 spiro atoms. The van der Waals surface area contributed by atoms with Gasteiger partial charge < -0.3 is 4.90 Å². The van der Waals surface area contributed by atoms with E-state index in [0.717, 1.165) is 4.88 Å². The summed E-state index contributed by atoms with van der Waals surface area (Å²) in [7, 11) is 1.80. The van der Waals surface area contributed by atoms with Gasteiger partial charge in [0.2, 0.25) is 5.91 Å². The fourth-order valence-corrected chi connectivity index (χ4v) is 2.72. The van der Waals surface area contributed by atoms with E-state index in [1.165, 1.54) is 4.88 Å². The molecule has 2 heterocycles. The minimum Gasteiger partial charge on any atom is -0.345 e. The Balaban J connectivity index is 1.89. The highest BCUT2D eigenvalue weighted by Gasteiger charge is 2.17. The molecule has 1 atom stereocenters. The molecule has 0 aliphatic carbocycles. The van der Waals surface area contributed by atoms with Gasteiger partial charge in [-0.05, 0) is 19.1 Å². The van der Waals surface area contributed by atoms with Gasteiger partial charge in [0.15, 0.2) is 5.82 Å². The number of aromatic amines is 1. The molecule has 0 aliphatic heterocycles. The van der Waals surface area contributed by atoms with E-state index in [-0.39, 0.29) is 11.8 Å². The monoisotopic (exact) mass is 279 g/mol. The second kappa shape index (κ2) is 5.92. The van der Waals surface area contributed by atoms with Crippen molar-refractivity contribution in [2.75, 3.05) is 13.6 Å². The Morgan fingerprint density at radius 3 is 2.89 bits per heavy atom. The summed E-state index contributed by atoms with van der Waals surface area (Å²) in [5.74, 6) is 0.807. The van der Waals surface area contributed by atoms with Crippen LogP contribution in [-0.2, 0) is 11.2 Å². The van der Waals surface area contributed by atoms with Gasteiger partial charge in [-0.2, -0.15) is 5.21 Å². The number of H-pyrrole nitrogens is 1. The molecule has 7 heteroatoms. The summed E-state index contributed by atoms with van der Waals surface area (Å²) in [4.78, 5) is 16.1. The number of aryl methyl sites for hydroxylation is 1. The summed E-state index contributed by atoms with van der Waals surface area (Å²) in [5.41, 5.74) is 0. The van der Waals surface area contributed by atoms with Crippen molar-refractivity contribution in [3.8, 4) is 0 Å². The van der Waals surface area contributed by atoms with Crippen LogP contribution in [0.15, 0.2) is 12.1 Å². The Hall–Kier alpha value is -1.76. The second-order valence-corrected chi connectivity index (χ2v) is 6.01. The zero-order valence-corrected chi connectivity index (χ0v) is 12.1. The first kappa shape index (κ1) is 13.7. The quantitative estimate of drug-likeness (QED) is 0.897. The van der Waals surface area contributed by atoms with Crippen molar-refractivity contribution >= 4 is 17.2 Å². The van der Waals surface area contributed by atoms with E-state index in [1.54, 1.807) is 23.3 Å². The molecule has 0 saturated carbocycles. The van der Waals surface area contributed by atoms with Crippen LogP contribution in [0, 0.1) is 6.92 Å². The van der Waals surface area contributed by atoms with Crippen LogP contribution in [-0.4, -0.2) is 45.0 Å². The van der Waals surface area contributed by atoms with Gasteiger partial charge in [0.1, 0.15) is 0 Å². The van der Waals surface area contributed by atoms with Crippen LogP contribution in [0.4, 0.5) is 0 Å². The zero-order valence-electron chi connectivity index (χ0n) is 11.3. The van der Waals surface area contributed by atoms with E-state index in [1.807, 2.05) is 26.0 Å². The molecule has 1 amide bonds. The molecule has 1 N–H and O–H groups in total. The highest BCUT2D eigenvalue weighted by atomic mass is 32.1. The zero-order chi connectivity index (χ0) is 13.8. The van der Waals surface area contributed by atoms with Crippen LogP contribution in [0.3, 0.4) is 0 Å². The molecule has 19 heavy (non-hydrogen) atoms. The lowest BCUT2D eigenvalue weighted by Crippen LogP contribution is -2.31. The van der Waals surface area contributed by atoms with Crippen molar-refractivity contribution in [1.29, 1.82) is 0 Å². The molecule has 0 bridgehead atoms. The van der Waals surface area contributed by atoms with Crippen molar-refractivity contribution < 1.29 is 4.79 Å². The molecule has 2 aromatic rings. The number of rotatable bonds is 5. The number of likely N-dealkylation sites (N-methyl/N-ethyl adjacent to an activating group) is 1. The lowest BCUT2D eigenvalue weighted by Gasteiger charge is -2.19. The Morgan fingerprint density at radius 2 is 2.32 bits per heavy atom. The van der Waals surface area contributed by atoms with Crippen LogP contribution in [0.5, 0.6) is 0 Å². The Bertz CT molecular complexity index is 536. The molecule has 102 valence electrons. The van der Waals surface area contributed by atoms with E-state index in [0.29, 0.717) is 18.8 Å². The van der Waals surface area contributed by atoms with Gasteiger partial charge in [0, 0.05) is 29.3 Å². The highest BCUT2D eigenvalue weighted by molar-refractivity contribution is 7.12. The standard InChI is InChI=1S/C12H17N5OS/c1-8(12-13-15-16-14-12)7-17(3)11(18)6-10-5-4-9(2)19-10/h4-5,8H,6-7H2,1-3H3,(H,13,14,15,16)/t8-/m0/s1. The molecular formula is C12H17N5OS. The van der Waals surface area contributed by atoms with Crippen molar-refractivity contribution in [3.05, 3.63) is 27.7 Å². The van der Waals surface area contributed by atoms with Gasteiger partial charge in [0.25, 0.3) is 0 Å². The number of nitrogens with zero attached hydrogens (tertiary/aromatic N) is 4. The smallest absolute Gasteiger partial charge is 0.227 e. The first-order valence-corrected chi connectivity index (χ1v) is 6.90. The maximum atomic E-state index is 12.1. The van der Waals surface area contributed by atoms with Crippen LogP contribution < -0.4 is 0 Å². The minimum absolute atomic E-state index is 0.0674. The summed E-state index contributed by atoms with van der Waals surface area (Å²) in [6.07, 6.45) is 0.452. The Labute approximate surface area is 115 Å². The minimum atomic E-state index is 0.0674. The number of thiophene rings is 1. The third-order valence-electron chi connectivity index (χ3n) is 2.90. The number of aromatic nitrogens is 4. The van der Waals surface area contributed by atoms with Gasteiger partial charge in [-0.25, -0.2) is 0 Å². The second-order valence-electron chi connectivity index (χ2n) is 4.63. The van der Waals surface area contributed by atoms with E-state index < -0.39 is 0 Å². The topological polar surface area (TPSA) is 74.8 Å². The maximum Gasteiger partial charge on any atom is 0.227 e. The maximum absolute atomic E-state index is 12.1. The molecule has 2 rings (SSSR count). The van der Waals surface area contributed by atoms with Gasteiger partial charge in [-0.3, -0.25) is 4.79 Å². The average Bonchev–Trinajstić information content (AvgIpc) is 3.00. The summed E-state index contributed by atoms with van der Waals surface area (Å²) in [5, 5.41) is 13.8. The molecule has 0 radical (unpaired) electrons. The summed E-state index contributed by atoms with van der Waals surface area (Å²) in [6.45, 7) is 4.60. The lowest BCUT2D eigenvalue weighted by atomic mass is 10.1. The van der Waals surface area contributed by atoms with Crippen molar-refractivity contribution in [2.24, 2.45) is 0 Å². The van der Waals surface area contributed by atoms with E-state index in [4.69, 9.17) is 0 Å². The number of amides is 1. The first-order valence-electron chi connectivity index (χ1n) is 6.09. The molecule has 0 unspecified atom stereocenters. The number of carbonyl (C=O) groups is 1. The summed E-state index contributed by atoms with van der Waals surface area (Å²) >= 11 is 1.66. The normalized spacial score (nSPS) is 12.4. The fourth-order valence-electron chi connectivity index (χ4n) is 1.84. The molecule has 6 nitrogen and oxygen atoms in total. The predicted molar refractivity (Wildman–Crippen MR) is 73.0 cm³/mol. The summed E-state index contributed by atoms with van der Waals surface area (Å²) < 4.78 is 0. The SMILES string of the molecule is Cc1ccc(CC(=O)N(C)C[C@H](C)c2nn[nH]n2)s1. The van der Waals surface area contributed by atoms with Crippen LogP contribution in [0.2, 0.25) is 0 Å². The molecule has 0 aromatic carbocycles. The largest absolute Gasteiger partial charge is 0.345 e. The third kappa shape index (κ3) is 3.60. The Kier molecular flexibility index (Phi) is 4.26. The number of nitrogens with one attached hydrogen (secondary N) is 1. The van der Waals surface area contributed by atoms with E-state index in [9.17, 15) is 4.79 Å². The highest BCUT2D eigenvalue weighted by Crippen LogP contribution is 2.17.